The van der Waals surface area contributed by atoms with Crippen molar-refractivity contribution in [1.82, 2.24) is 24.6 Å². The van der Waals surface area contributed by atoms with Crippen LogP contribution in [0.2, 0.25) is 0 Å². The van der Waals surface area contributed by atoms with Gasteiger partial charge in [-0.25, -0.2) is 0 Å². The summed E-state index contributed by atoms with van der Waals surface area (Å²) in [7, 11) is 0. The number of piperidine rings is 1. The van der Waals surface area contributed by atoms with Crippen LogP contribution in [-0.4, -0.2) is 62.6 Å². The number of nitrogens with zero attached hydrogens (tertiary/aromatic N) is 5. The fourth-order valence-electron chi connectivity index (χ4n) is 3.87. The first-order valence-electron chi connectivity index (χ1n) is 9.12. The first kappa shape index (κ1) is 17.2. The Bertz CT molecular complexity index is 793. The maximum Gasteiger partial charge on any atom is 0.254 e. The summed E-state index contributed by atoms with van der Waals surface area (Å²) in [6.45, 7) is 5.29. The fourth-order valence-corrected chi connectivity index (χ4v) is 4.50. The average molecular weight is 373 g/mol. The minimum Gasteiger partial charge on any atom is -0.343 e. The van der Waals surface area contributed by atoms with Crippen molar-refractivity contribution in [2.24, 2.45) is 0 Å². The molecule has 2 aromatic rings. The van der Waals surface area contributed by atoms with Crippen molar-refractivity contribution in [3.63, 3.8) is 0 Å². The summed E-state index contributed by atoms with van der Waals surface area (Å²) < 4.78 is 2.20. The van der Waals surface area contributed by atoms with Gasteiger partial charge in [0.15, 0.2) is 0 Å². The Morgan fingerprint density at radius 1 is 1.08 bits per heavy atom. The van der Waals surface area contributed by atoms with Crippen molar-refractivity contribution in [1.29, 1.82) is 0 Å². The molecule has 0 spiro atoms. The number of fused-ring (bicyclic) bond motifs is 1. The third-order valence-electron chi connectivity index (χ3n) is 5.42. The van der Waals surface area contributed by atoms with Gasteiger partial charge in [-0.2, -0.15) is 11.3 Å². The molecular formula is C18H23N5O2S. The van der Waals surface area contributed by atoms with Gasteiger partial charge in [0.25, 0.3) is 5.91 Å². The molecule has 0 atom stereocenters. The van der Waals surface area contributed by atoms with Crippen LogP contribution in [0.5, 0.6) is 0 Å². The molecule has 0 saturated carbocycles. The smallest absolute Gasteiger partial charge is 0.254 e. The van der Waals surface area contributed by atoms with Crippen LogP contribution in [0.25, 0.3) is 0 Å². The van der Waals surface area contributed by atoms with Gasteiger partial charge < -0.3 is 14.4 Å². The van der Waals surface area contributed by atoms with E-state index in [1.807, 2.05) is 26.6 Å². The van der Waals surface area contributed by atoms with E-state index >= 15 is 0 Å². The van der Waals surface area contributed by atoms with Gasteiger partial charge in [-0.1, -0.05) is 0 Å². The van der Waals surface area contributed by atoms with Crippen LogP contribution in [0.1, 0.15) is 47.7 Å². The number of rotatable bonds is 2. The lowest BCUT2D eigenvalue weighted by molar-refractivity contribution is -0.129. The van der Waals surface area contributed by atoms with Gasteiger partial charge in [0, 0.05) is 57.4 Å². The second-order valence-corrected chi connectivity index (χ2v) is 7.74. The highest BCUT2D eigenvalue weighted by Crippen LogP contribution is 2.28. The van der Waals surface area contributed by atoms with Gasteiger partial charge in [-0.15, -0.1) is 10.2 Å². The lowest BCUT2D eigenvalue weighted by Gasteiger charge is -2.31. The van der Waals surface area contributed by atoms with Crippen LogP contribution >= 0.6 is 11.3 Å². The van der Waals surface area contributed by atoms with E-state index in [1.165, 1.54) is 0 Å². The molecule has 4 rings (SSSR count). The number of amides is 2. The molecule has 0 radical (unpaired) electrons. The highest BCUT2D eigenvalue weighted by molar-refractivity contribution is 7.08. The molecule has 2 aromatic heterocycles. The summed E-state index contributed by atoms with van der Waals surface area (Å²) in [5.41, 5.74) is 0.768. The van der Waals surface area contributed by atoms with Gasteiger partial charge in [-0.3, -0.25) is 9.59 Å². The maximum absolute atomic E-state index is 12.6. The summed E-state index contributed by atoms with van der Waals surface area (Å²) in [5, 5.41) is 12.7. The summed E-state index contributed by atoms with van der Waals surface area (Å²) in [5.74, 6) is 2.57. The van der Waals surface area contributed by atoms with Gasteiger partial charge in [-0.05, 0) is 24.3 Å². The minimum atomic E-state index is 0.0984. The number of carbonyl (C=O) groups is 2. The highest BCUT2D eigenvalue weighted by atomic mass is 32.1. The van der Waals surface area contributed by atoms with Crippen LogP contribution in [-0.2, 0) is 17.8 Å². The van der Waals surface area contributed by atoms with Crippen molar-refractivity contribution in [2.75, 3.05) is 26.2 Å². The Kier molecular flexibility index (Phi) is 4.76. The quantitative estimate of drug-likeness (QED) is 0.804. The Morgan fingerprint density at radius 2 is 1.88 bits per heavy atom. The molecule has 0 aromatic carbocycles. The molecule has 4 heterocycles. The average Bonchev–Trinajstić information content (AvgIpc) is 3.28. The first-order chi connectivity index (χ1) is 12.6. The molecule has 2 aliphatic rings. The minimum absolute atomic E-state index is 0.0984. The number of aromatic nitrogens is 3. The molecule has 2 aliphatic heterocycles. The molecule has 0 aliphatic carbocycles. The summed E-state index contributed by atoms with van der Waals surface area (Å²) >= 11 is 1.55. The lowest BCUT2D eigenvalue weighted by Crippen LogP contribution is -2.37. The molecule has 0 unspecified atom stereocenters. The predicted octanol–water partition coefficient (Wildman–Crippen LogP) is 1.76. The first-order valence-corrected chi connectivity index (χ1v) is 10.1. The van der Waals surface area contributed by atoms with Gasteiger partial charge in [0.1, 0.15) is 11.6 Å². The highest BCUT2D eigenvalue weighted by Gasteiger charge is 2.29. The normalized spacial score (nSPS) is 18.5. The van der Waals surface area contributed by atoms with Gasteiger partial charge >= 0.3 is 0 Å². The fraction of sp³-hybridized carbons (Fsp3) is 0.556. The molecule has 1 saturated heterocycles. The predicted molar refractivity (Wildman–Crippen MR) is 98.2 cm³/mol. The number of hydrogen-bond acceptors (Lipinski definition) is 5. The van der Waals surface area contributed by atoms with E-state index in [1.54, 1.807) is 18.3 Å². The monoisotopic (exact) mass is 373 g/mol. The Morgan fingerprint density at radius 3 is 2.58 bits per heavy atom. The van der Waals surface area contributed by atoms with Crippen LogP contribution in [0.15, 0.2) is 16.8 Å². The lowest BCUT2D eigenvalue weighted by atomic mass is 9.96. The third kappa shape index (κ3) is 3.25. The van der Waals surface area contributed by atoms with Crippen LogP contribution in [0, 0.1) is 0 Å². The topological polar surface area (TPSA) is 71.3 Å². The zero-order valence-corrected chi connectivity index (χ0v) is 15.7. The summed E-state index contributed by atoms with van der Waals surface area (Å²) in [6, 6.07) is 1.88. The van der Waals surface area contributed by atoms with Crippen molar-refractivity contribution >= 4 is 23.2 Å². The van der Waals surface area contributed by atoms with Gasteiger partial charge in [0.05, 0.1) is 5.56 Å². The van der Waals surface area contributed by atoms with Crippen LogP contribution in [0.4, 0.5) is 0 Å². The van der Waals surface area contributed by atoms with Crippen molar-refractivity contribution in [3.8, 4) is 0 Å². The van der Waals surface area contributed by atoms with Crippen LogP contribution in [0.3, 0.4) is 0 Å². The molecular weight excluding hydrogens is 350 g/mol. The molecule has 138 valence electrons. The summed E-state index contributed by atoms with van der Waals surface area (Å²) in [4.78, 5) is 28.0. The van der Waals surface area contributed by atoms with Crippen molar-refractivity contribution in [3.05, 3.63) is 34.0 Å². The second kappa shape index (κ2) is 7.19. The SMILES string of the molecule is CC(=O)N1CCC(c2nnc3n2CCN(C(=O)c2ccsc2)CC3)CC1. The molecule has 1 fully saturated rings. The maximum atomic E-state index is 12.6. The number of thiophene rings is 1. The molecule has 2 amide bonds. The third-order valence-corrected chi connectivity index (χ3v) is 6.10. The number of likely N-dealkylation sites (tertiary alicyclic amines) is 1. The van der Waals surface area contributed by atoms with E-state index < -0.39 is 0 Å². The Balaban J connectivity index is 1.45. The van der Waals surface area contributed by atoms with E-state index in [2.05, 4.69) is 14.8 Å². The number of hydrogen-bond donors (Lipinski definition) is 0. The van der Waals surface area contributed by atoms with E-state index in [0.717, 1.165) is 56.1 Å². The zero-order chi connectivity index (χ0) is 18.1. The molecule has 26 heavy (non-hydrogen) atoms. The van der Waals surface area contributed by atoms with E-state index in [0.29, 0.717) is 19.0 Å². The van der Waals surface area contributed by atoms with Gasteiger partial charge in [0.2, 0.25) is 5.91 Å². The van der Waals surface area contributed by atoms with Crippen molar-refractivity contribution < 1.29 is 9.59 Å². The van der Waals surface area contributed by atoms with Crippen LogP contribution < -0.4 is 0 Å². The Labute approximate surface area is 156 Å². The summed E-state index contributed by atoms with van der Waals surface area (Å²) in [6.07, 6.45) is 2.58. The Hall–Kier alpha value is -2.22. The van der Waals surface area contributed by atoms with E-state index in [-0.39, 0.29) is 11.8 Å². The second-order valence-electron chi connectivity index (χ2n) is 6.96. The molecule has 7 nitrogen and oxygen atoms in total. The molecule has 0 bridgehead atoms. The molecule has 0 N–H and O–H groups in total. The zero-order valence-electron chi connectivity index (χ0n) is 14.9. The van der Waals surface area contributed by atoms with Crippen molar-refractivity contribution in [2.45, 2.75) is 38.6 Å². The van der Waals surface area contributed by atoms with E-state index in [9.17, 15) is 9.59 Å². The van der Waals surface area contributed by atoms with E-state index in [4.69, 9.17) is 0 Å². The number of carbonyl (C=O) groups excluding carboxylic acids is 2. The standard InChI is InChI=1S/C18H23N5O2S/c1-13(24)21-6-2-14(3-7-21)17-20-19-16-4-8-22(9-10-23(16)17)18(25)15-5-11-26-12-15/h5,11-12,14H,2-4,6-10H2,1H3. The largest absolute Gasteiger partial charge is 0.343 e. The molecule has 8 heteroatoms.